The zero-order chi connectivity index (χ0) is 11.7. The predicted octanol–water partition coefficient (Wildman–Crippen LogP) is 0.552. The number of hydrogen-bond acceptors (Lipinski definition) is 7. The van der Waals surface area contributed by atoms with Crippen LogP contribution in [0.5, 0.6) is 0 Å². The van der Waals surface area contributed by atoms with Gasteiger partial charge in [0.25, 0.3) is 5.89 Å². The monoisotopic (exact) mass is 232 g/mol. The van der Waals surface area contributed by atoms with Crippen LogP contribution in [-0.4, -0.2) is 25.2 Å². The molecule has 0 saturated carbocycles. The summed E-state index contributed by atoms with van der Waals surface area (Å²) < 4.78 is 12.0. The summed E-state index contributed by atoms with van der Waals surface area (Å²) in [5, 5.41) is 15.2. The molecule has 0 aliphatic heterocycles. The van der Waals surface area contributed by atoms with Gasteiger partial charge in [0.2, 0.25) is 5.89 Å². The number of hydrogen-bond donors (Lipinski definition) is 1. The summed E-state index contributed by atoms with van der Waals surface area (Å²) in [7, 11) is 0. The van der Waals surface area contributed by atoms with Crippen LogP contribution >= 0.6 is 0 Å². The van der Waals surface area contributed by atoms with Gasteiger partial charge in [-0.15, -0.1) is 15.3 Å². The molecule has 3 rings (SSSR count). The molecule has 3 aromatic heterocycles. The van der Waals surface area contributed by atoms with Gasteiger partial charge < -0.3 is 14.6 Å². The molecule has 3 aromatic rings. The van der Waals surface area contributed by atoms with Crippen molar-refractivity contribution in [2.24, 2.45) is 0 Å². The van der Waals surface area contributed by atoms with E-state index in [0.717, 1.165) is 0 Å². The SMILES string of the molecule is Nc1cn(Cc2nnc(-c3ccco3)o2)nn1. The van der Waals surface area contributed by atoms with E-state index >= 15 is 0 Å². The molecule has 0 aliphatic carbocycles. The highest BCUT2D eigenvalue weighted by Crippen LogP contribution is 2.17. The molecule has 8 heteroatoms. The number of nitrogens with zero attached hydrogens (tertiary/aromatic N) is 5. The molecular weight excluding hydrogens is 224 g/mol. The molecule has 0 spiro atoms. The first kappa shape index (κ1) is 9.58. The summed E-state index contributed by atoms with van der Waals surface area (Å²) >= 11 is 0. The van der Waals surface area contributed by atoms with Crippen LogP contribution in [0, 0.1) is 0 Å². The highest BCUT2D eigenvalue weighted by Gasteiger charge is 2.11. The summed E-state index contributed by atoms with van der Waals surface area (Å²) in [6.45, 7) is 0.317. The minimum absolute atomic E-state index is 0.317. The van der Waals surface area contributed by atoms with Crippen molar-refractivity contribution in [3.8, 4) is 11.7 Å². The van der Waals surface area contributed by atoms with Crippen molar-refractivity contribution in [1.82, 2.24) is 25.2 Å². The van der Waals surface area contributed by atoms with Crippen LogP contribution in [0.4, 0.5) is 5.82 Å². The molecule has 0 bridgehead atoms. The van der Waals surface area contributed by atoms with Crippen molar-refractivity contribution in [2.75, 3.05) is 5.73 Å². The third-order valence-electron chi connectivity index (χ3n) is 2.05. The van der Waals surface area contributed by atoms with E-state index in [2.05, 4.69) is 20.5 Å². The van der Waals surface area contributed by atoms with Gasteiger partial charge in [0.1, 0.15) is 6.54 Å². The molecule has 0 atom stereocenters. The Morgan fingerprint density at radius 1 is 1.29 bits per heavy atom. The van der Waals surface area contributed by atoms with Gasteiger partial charge >= 0.3 is 0 Å². The minimum atomic E-state index is 0.317. The first-order chi connectivity index (χ1) is 8.31. The Hall–Kier alpha value is -2.64. The lowest BCUT2D eigenvalue weighted by molar-refractivity contribution is 0.454. The fourth-order valence-electron chi connectivity index (χ4n) is 1.35. The molecule has 17 heavy (non-hydrogen) atoms. The second kappa shape index (κ2) is 3.74. The second-order valence-corrected chi connectivity index (χ2v) is 3.32. The molecule has 86 valence electrons. The van der Waals surface area contributed by atoms with Gasteiger partial charge in [0.05, 0.1) is 12.5 Å². The Kier molecular flexibility index (Phi) is 2.11. The molecule has 8 nitrogen and oxygen atoms in total. The van der Waals surface area contributed by atoms with Crippen molar-refractivity contribution in [1.29, 1.82) is 0 Å². The Morgan fingerprint density at radius 2 is 2.24 bits per heavy atom. The van der Waals surface area contributed by atoms with E-state index in [1.807, 2.05) is 0 Å². The molecule has 0 radical (unpaired) electrons. The van der Waals surface area contributed by atoms with E-state index in [1.54, 1.807) is 18.3 Å². The fraction of sp³-hybridized carbons (Fsp3) is 0.111. The summed E-state index contributed by atoms with van der Waals surface area (Å²) in [6, 6.07) is 3.49. The van der Waals surface area contributed by atoms with Crippen LogP contribution in [0.25, 0.3) is 11.7 Å². The third-order valence-corrected chi connectivity index (χ3v) is 2.05. The summed E-state index contributed by atoms with van der Waals surface area (Å²) in [4.78, 5) is 0. The van der Waals surface area contributed by atoms with E-state index in [1.165, 1.54) is 10.9 Å². The zero-order valence-electron chi connectivity index (χ0n) is 8.65. The number of nitrogen functional groups attached to an aromatic ring is 1. The van der Waals surface area contributed by atoms with Gasteiger partial charge in [0, 0.05) is 0 Å². The van der Waals surface area contributed by atoms with E-state index in [9.17, 15) is 0 Å². The molecule has 2 N–H and O–H groups in total. The van der Waals surface area contributed by atoms with Gasteiger partial charge in [-0.3, -0.25) is 0 Å². The largest absolute Gasteiger partial charge is 0.459 e. The molecule has 0 aromatic carbocycles. The van der Waals surface area contributed by atoms with Crippen LogP contribution in [-0.2, 0) is 6.54 Å². The van der Waals surface area contributed by atoms with Crippen LogP contribution < -0.4 is 5.73 Å². The highest BCUT2D eigenvalue weighted by atomic mass is 16.4. The van der Waals surface area contributed by atoms with Gasteiger partial charge in [0.15, 0.2) is 11.6 Å². The van der Waals surface area contributed by atoms with Crippen LogP contribution in [0.2, 0.25) is 0 Å². The third kappa shape index (κ3) is 1.87. The lowest BCUT2D eigenvalue weighted by atomic mass is 10.5. The standard InChI is InChI=1S/C9H8N6O2/c10-7-4-15(14-11-7)5-8-12-13-9(17-8)6-2-1-3-16-6/h1-4H,5,10H2. The van der Waals surface area contributed by atoms with Crippen molar-refractivity contribution in [2.45, 2.75) is 6.54 Å². The van der Waals surface area contributed by atoms with Gasteiger partial charge in [-0.25, -0.2) is 4.68 Å². The second-order valence-electron chi connectivity index (χ2n) is 3.32. The van der Waals surface area contributed by atoms with E-state index in [4.69, 9.17) is 14.6 Å². The zero-order valence-corrected chi connectivity index (χ0v) is 8.65. The lowest BCUT2D eigenvalue weighted by Gasteiger charge is -1.92. The Labute approximate surface area is 95.0 Å². The quantitative estimate of drug-likeness (QED) is 0.702. The number of rotatable bonds is 3. The number of nitrogens with two attached hydrogens (primary N) is 1. The molecular formula is C9H8N6O2. The van der Waals surface area contributed by atoms with Crippen molar-refractivity contribution in [3.63, 3.8) is 0 Å². The minimum Gasteiger partial charge on any atom is -0.459 e. The summed E-state index contributed by atoms with van der Waals surface area (Å²) in [5.41, 5.74) is 5.44. The molecule has 3 heterocycles. The van der Waals surface area contributed by atoms with Crippen molar-refractivity contribution >= 4 is 5.82 Å². The molecule has 0 amide bonds. The van der Waals surface area contributed by atoms with Crippen molar-refractivity contribution in [3.05, 3.63) is 30.5 Å². The highest BCUT2D eigenvalue weighted by molar-refractivity contribution is 5.42. The Morgan fingerprint density at radius 3 is 2.94 bits per heavy atom. The van der Waals surface area contributed by atoms with Gasteiger partial charge in [-0.05, 0) is 12.1 Å². The maximum atomic E-state index is 5.44. The lowest BCUT2D eigenvalue weighted by Crippen LogP contribution is -2.00. The van der Waals surface area contributed by atoms with Gasteiger partial charge in [-0.1, -0.05) is 5.21 Å². The summed E-state index contributed by atoms with van der Waals surface area (Å²) in [6.07, 6.45) is 3.12. The van der Waals surface area contributed by atoms with Crippen LogP contribution in [0.3, 0.4) is 0 Å². The smallest absolute Gasteiger partial charge is 0.283 e. The van der Waals surface area contributed by atoms with E-state index in [-0.39, 0.29) is 0 Å². The predicted molar refractivity (Wildman–Crippen MR) is 55.5 cm³/mol. The normalized spacial score (nSPS) is 10.8. The Balaban J connectivity index is 1.81. The van der Waals surface area contributed by atoms with Gasteiger partial charge in [-0.2, -0.15) is 0 Å². The summed E-state index contributed by atoms with van der Waals surface area (Å²) in [5.74, 6) is 1.61. The van der Waals surface area contributed by atoms with E-state index in [0.29, 0.717) is 29.9 Å². The topological polar surface area (TPSA) is 109 Å². The number of furan rings is 1. The molecule has 0 unspecified atom stereocenters. The fourth-order valence-corrected chi connectivity index (χ4v) is 1.35. The Bertz CT molecular complexity index is 611. The average Bonchev–Trinajstić information content (AvgIpc) is 3.00. The van der Waals surface area contributed by atoms with E-state index < -0.39 is 0 Å². The average molecular weight is 232 g/mol. The maximum absolute atomic E-state index is 5.44. The first-order valence-electron chi connectivity index (χ1n) is 4.83. The molecule has 0 fully saturated rings. The number of aromatic nitrogens is 5. The first-order valence-corrected chi connectivity index (χ1v) is 4.83. The number of anilines is 1. The molecule has 0 saturated heterocycles. The van der Waals surface area contributed by atoms with Crippen molar-refractivity contribution < 1.29 is 8.83 Å². The van der Waals surface area contributed by atoms with Crippen LogP contribution in [0.1, 0.15) is 5.89 Å². The molecule has 0 aliphatic rings. The van der Waals surface area contributed by atoms with Crippen LogP contribution in [0.15, 0.2) is 33.4 Å². The maximum Gasteiger partial charge on any atom is 0.283 e.